The van der Waals surface area contributed by atoms with Gasteiger partial charge >= 0.3 is 5.97 Å². The van der Waals surface area contributed by atoms with Crippen LogP contribution in [0, 0.1) is 5.92 Å². The Kier molecular flexibility index (Phi) is 3.07. The van der Waals surface area contributed by atoms with Crippen LogP contribution < -0.4 is 5.32 Å². The number of aromatic carboxylic acids is 1. The molecule has 0 amide bonds. The zero-order valence-corrected chi connectivity index (χ0v) is 10.8. The first-order valence-electron chi connectivity index (χ1n) is 6.87. The van der Waals surface area contributed by atoms with Crippen molar-refractivity contribution in [1.82, 2.24) is 5.32 Å². The van der Waals surface area contributed by atoms with Crippen LogP contribution in [0.3, 0.4) is 0 Å². The van der Waals surface area contributed by atoms with Crippen LogP contribution in [0.5, 0.6) is 0 Å². The molecule has 1 unspecified atom stereocenters. The highest BCUT2D eigenvalue weighted by Crippen LogP contribution is 2.47. The number of carbonyl (C=O) groups is 1. The summed E-state index contributed by atoms with van der Waals surface area (Å²) in [5.41, 5.74) is 0.835. The summed E-state index contributed by atoms with van der Waals surface area (Å²) in [5, 5.41) is 23.0. The Balaban J connectivity index is 1.76. The van der Waals surface area contributed by atoms with Gasteiger partial charge in [-0.25, -0.2) is 4.79 Å². The molecule has 3 rings (SSSR count). The fourth-order valence-electron chi connectivity index (χ4n) is 3.08. The molecule has 2 aliphatic rings. The third-order valence-corrected chi connectivity index (χ3v) is 4.40. The van der Waals surface area contributed by atoms with Crippen LogP contribution in [0.2, 0.25) is 0 Å². The van der Waals surface area contributed by atoms with Crippen LogP contribution in [0.15, 0.2) is 24.3 Å². The number of piperidine rings is 1. The molecule has 4 nitrogen and oxygen atoms in total. The molecule has 1 aliphatic carbocycles. The van der Waals surface area contributed by atoms with Gasteiger partial charge in [0, 0.05) is 6.04 Å². The number of carboxylic acid groups (broad SMARTS) is 1. The molecule has 1 aliphatic heterocycles. The van der Waals surface area contributed by atoms with Crippen molar-refractivity contribution < 1.29 is 15.0 Å². The van der Waals surface area contributed by atoms with Gasteiger partial charge in [-0.15, -0.1) is 0 Å². The first kappa shape index (κ1) is 12.6. The summed E-state index contributed by atoms with van der Waals surface area (Å²) in [4.78, 5) is 10.8. The van der Waals surface area contributed by atoms with Crippen molar-refractivity contribution in [2.24, 2.45) is 5.92 Å². The lowest BCUT2D eigenvalue weighted by molar-refractivity contribution is -0.0246. The minimum atomic E-state index is -0.905. The summed E-state index contributed by atoms with van der Waals surface area (Å²) < 4.78 is 0. The highest BCUT2D eigenvalue weighted by atomic mass is 16.4. The molecule has 0 radical (unpaired) electrons. The Hall–Kier alpha value is -1.39. The van der Waals surface area contributed by atoms with E-state index in [4.69, 9.17) is 5.11 Å². The SMILES string of the molecule is O=C(O)c1ccc([C@@H]2CC(O)(C3CC3)CCN2)cc1. The number of rotatable bonds is 3. The third kappa shape index (κ3) is 2.51. The van der Waals surface area contributed by atoms with Crippen LogP contribution in [-0.4, -0.2) is 28.3 Å². The van der Waals surface area contributed by atoms with E-state index in [1.165, 1.54) is 0 Å². The van der Waals surface area contributed by atoms with Gasteiger partial charge in [0.25, 0.3) is 0 Å². The van der Waals surface area contributed by atoms with E-state index in [1.807, 2.05) is 12.1 Å². The van der Waals surface area contributed by atoms with Crippen LogP contribution in [0.25, 0.3) is 0 Å². The molecule has 4 heteroatoms. The predicted octanol–water partition coefficient (Wildman–Crippen LogP) is 1.95. The lowest BCUT2D eigenvalue weighted by atomic mass is 9.81. The Morgan fingerprint density at radius 3 is 2.53 bits per heavy atom. The molecule has 19 heavy (non-hydrogen) atoms. The number of hydrogen-bond acceptors (Lipinski definition) is 3. The highest BCUT2D eigenvalue weighted by Gasteiger charge is 2.46. The van der Waals surface area contributed by atoms with Crippen LogP contribution >= 0.6 is 0 Å². The van der Waals surface area contributed by atoms with Crippen molar-refractivity contribution in [3.8, 4) is 0 Å². The second kappa shape index (κ2) is 4.62. The maximum absolute atomic E-state index is 10.8. The van der Waals surface area contributed by atoms with E-state index in [9.17, 15) is 9.90 Å². The quantitative estimate of drug-likeness (QED) is 0.778. The second-order valence-electron chi connectivity index (χ2n) is 5.77. The molecule has 1 aromatic rings. The molecule has 0 spiro atoms. The Labute approximate surface area is 112 Å². The smallest absolute Gasteiger partial charge is 0.335 e. The van der Waals surface area contributed by atoms with Crippen molar-refractivity contribution in [2.45, 2.75) is 37.3 Å². The average Bonchev–Trinajstić information content (AvgIpc) is 3.23. The standard InChI is InChI=1S/C15H19NO3/c17-14(18)11-3-1-10(2-4-11)13-9-15(19,7-8-16-13)12-5-6-12/h1-4,12-13,16,19H,5-9H2,(H,17,18)/t13-,15?/m0/s1. The normalized spacial score (nSPS) is 31.1. The molecule has 2 fully saturated rings. The van der Waals surface area contributed by atoms with E-state index >= 15 is 0 Å². The van der Waals surface area contributed by atoms with Gasteiger partial charge in [0.1, 0.15) is 0 Å². The monoisotopic (exact) mass is 261 g/mol. The van der Waals surface area contributed by atoms with Gasteiger partial charge in [0.05, 0.1) is 11.2 Å². The van der Waals surface area contributed by atoms with E-state index < -0.39 is 11.6 Å². The number of benzene rings is 1. The zero-order chi connectivity index (χ0) is 13.5. The van der Waals surface area contributed by atoms with E-state index in [0.717, 1.165) is 37.8 Å². The molecule has 2 atom stereocenters. The largest absolute Gasteiger partial charge is 0.478 e. The number of hydrogen-bond donors (Lipinski definition) is 3. The summed E-state index contributed by atoms with van der Waals surface area (Å²) in [5.74, 6) is -0.437. The zero-order valence-electron chi connectivity index (χ0n) is 10.8. The lowest BCUT2D eigenvalue weighted by Crippen LogP contribution is -2.45. The van der Waals surface area contributed by atoms with Gasteiger partial charge in [0.2, 0.25) is 0 Å². The van der Waals surface area contributed by atoms with Crippen molar-refractivity contribution in [3.05, 3.63) is 35.4 Å². The number of carboxylic acids is 1. The summed E-state index contributed by atoms with van der Waals surface area (Å²) in [7, 11) is 0. The van der Waals surface area contributed by atoms with Gasteiger partial charge in [-0.1, -0.05) is 12.1 Å². The first-order chi connectivity index (χ1) is 9.08. The van der Waals surface area contributed by atoms with Crippen LogP contribution in [0.1, 0.15) is 47.6 Å². The molecule has 1 saturated carbocycles. The van der Waals surface area contributed by atoms with E-state index in [1.54, 1.807) is 12.1 Å². The average molecular weight is 261 g/mol. The van der Waals surface area contributed by atoms with Crippen molar-refractivity contribution in [2.75, 3.05) is 6.54 Å². The maximum Gasteiger partial charge on any atom is 0.335 e. The highest BCUT2D eigenvalue weighted by molar-refractivity contribution is 5.87. The van der Waals surface area contributed by atoms with Crippen LogP contribution in [-0.2, 0) is 0 Å². The summed E-state index contributed by atoms with van der Waals surface area (Å²) in [6.07, 6.45) is 3.83. The van der Waals surface area contributed by atoms with Gasteiger partial charge < -0.3 is 15.5 Å². The second-order valence-corrected chi connectivity index (χ2v) is 5.77. The molecule has 0 bridgehead atoms. The molecular formula is C15H19NO3. The van der Waals surface area contributed by atoms with Gasteiger partial charge in [0.15, 0.2) is 0 Å². The summed E-state index contributed by atoms with van der Waals surface area (Å²) in [6.45, 7) is 0.818. The minimum absolute atomic E-state index is 0.127. The van der Waals surface area contributed by atoms with Crippen molar-refractivity contribution >= 4 is 5.97 Å². The molecule has 1 aromatic carbocycles. The predicted molar refractivity (Wildman–Crippen MR) is 71.1 cm³/mol. The molecule has 1 heterocycles. The van der Waals surface area contributed by atoms with Gasteiger partial charge in [-0.3, -0.25) is 0 Å². The van der Waals surface area contributed by atoms with E-state index in [0.29, 0.717) is 11.5 Å². The van der Waals surface area contributed by atoms with Gasteiger partial charge in [-0.2, -0.15) is 0 Å². The minimum Gasteiger partial charge on any atom is -0.478 e. The number of aliphatic hydroxyl groups is 1. The topological polar surface area (TPSA) is 69.6 Å². The van der Waals surface area contributed by atoms with Gasteiger partial charge in [-0.05, 0) is 55.8 Å². The van der Waals surface area contributed by atoms with Crippen molar-refractivity contribution in [3.63, 3.8) is 0 Å². The lowest BCUT2D eigenvalue weighted by Gasteiger charge is -2.38. The summed E-state index contributed by atoms with van der Waals surface area (Å²) in [6, 6.07) is 7.08. The first-order valence-corrected chi connectivity index (χ1v) is 6.87. The molecule has 0 aromatic heterocycles. The van der Waals surface area contributed by atoms with Crippen molar-refractivity contribution in [1.29, 1.82) is 0 Å². The van der Waals surface area contributed by atoms with E-state index in [2.05, 4.69) is 5.32 Å². The van der Waals surface area contributed by atoms with E-state index in [-0.39, 0.29) is 6.04 Å². The Morgan fingerprint density at radius 1 is 1.26 bits per heavy atom. The fraction of sp³-hybridized carbons (Fsp3) is 0.533. The molecule has 3 N–H and O–H groups in total. The Bertz CT molecular complexity index is 481. The fourth-order valence-corrected chi connectivity index (χ4v) is 3.08. The third-order valence-electron chi connectivity index (χ3n) is 4.40. The maximum atomic E-state index is 10.8. The Morgan fingerprint density at radius 2 is 1.95 bits per heavy atom. The van der Waals surface area contributed by atoms with Crippen LogP contribution in [0.4, 0.5) is 0 Å². The molecular weight excluding hydrogens is 242 g/mol. The molecule has 102 valence electrons. The molecule has 1 saturated heterocycles. The number of nitrogens with one attached hydrogen (secondary N) is 1. The summed E-state index contributed by atoms with van der Waals surface area (Å²) >= 11 is 0.